The number of aryl methyl sites for hydroxylation is 2. The van der Waals surface area contributed by atoms with Gasteiger partial charge in [-0.15, -0.1) is 11.5 Å². The van der Waals surface area contributed by atoms with E-state index in [0.29, 0.717) is 22.4 Å². The van der Waals surface area contributed by atoms with Gasteiger partial charge in [0.2, 0.25) is 0 Å². The number of benzene rings is 2. The number of carboxylic acids is 1. The predicted molar refractivity (Wildman–Crippen MR) is 142 cm³/mol. The van der Waals surface area contributed by atoms with Crippen molar-refractivity contribution in [2.45, 2.75) is 31.6 Å². The van der Waals surface area contributed by atoms with Crippen LogP contribution >= 0.6 is 0 Å². The minimum atomic E-state index is -1.98. The van der Waals surface area contributed by atoms with Crippen molar-refractivity contribution in [2.75, 3.05) is 17.2 Å². The zero-order valence-corrected chi connectivity index (χ0v) is 22.1. The number of terminal acetylenes is 1. The maximum Gasteiger partial charge on any atom is 0.327 e. The maximum atomic E-state index is 15.1. The fraction of sp³-hybridized carbons (Fsp3) is 0.240. The van der Waals surface area contributed by atoms with Crippen molar-refractivity contribution in [3.05, 3.63) is 69.0 Å². The summed E-state index contributed by atoms with van der Waals surface area (Å²) < 4.78 is 27.4. The Labute approximate surface area is 228 Å². The van der Waals surface area contributed by atoms with Crippen LogP contribution in [0.5, 0.6) is 0 Å². The first-order valence-corrected chi connectivity index (χ1v) is 13.0. The third-order valence-electron chi connectivity index (χ3n) is 5.94. The lowest BCUT2D eigenvalue weighted by Gasteiger charge is -2.24. The van der Waals surface area contributed by atoms with Gasteiger partial charge in [-0.3, -0.25) is 13.8 Å². The molecule has 0 aliphatic carbocycles. The molecule has 0 aliphatic heterocycles. The van der Waals surface area contributed by atoms with E-state index in [1.54, 1.807) is 24.0 Å². The number of aromatic nitrogens is 6. The molecule has 13 nitrogen and oxygen atoms in total. The molecule has 0 radical (unpaired) electrons. The first-order valence-electron chi connectivity index (χ1n) is 11.7. The van der Waals surface area contributed by atoms with Gasteiger partial charge in [-0.25, -0.2) is 14.2 Å². The molecule has 2 heterocycles. The Kier molecular flexibility index (Phi) is 8.29. The number of nitrogens with zero attached hydrogens (tertiary/aromatic N) is 5. The van der Waals surface area contributed by atoms with Crippen molar-refractivity contribution >= 4 is 39.3 Å². The molecule has 1 amide bonds. The molecule has 4 aromatic rings. The van der Waals surface area contributed by atoms with Gasteiger partial charge in [0.25, 0.3) is 16.6 Å². The SMILES string of the molecule is C#CCN(Cc1cc2c(=O)[nH]c(C)nc2cc1C)c1ccc(C(=O)N[C@H](CS(=O)c2nn[nH]n2)C(=O)O)c(F)c1. The van der Waals surface area contributed by atoms with Gasteiger partial charge in [0.1, 0.15) is 17.7 Å². The molecule has 4 rings (SSSR count). The lowest BCUT2D eigenvalue weighted by atomic mass is 10.0. The van der Waals surface area contributed by atoms with Crippen LogP contribution in [0.15, 0.2) is 40.3 Å². The molecule has 0 saturated carbocycles. The summed E-state index contributed by atoms with van der Waals surface area (Å²) in [6.45, 7) is 3.87. The number of anilines is 1. The lowest BCUT2D eigenvalue weighted by molar-refractivity contribution is -0.138. The van der Waals surface area contributed by atoms with Gasteiger partial charge in [-0.2, -0.15) is 5.21 Å². The summed E-state index contributed by atoms with van der Waals surface area (Å²) in [5.41, 5.74) is 1.82. The molecule has 0 aliphatic rings. The van der Waals surface area contributed by atoms with E-state index in [0.717, 1.165) is 17.2 Å². The van der Waals surface area contributed by atoms with Crippen molar-refractivity contribution in [1.29, 1.82) is 0 Å². The van der Waals surface area contributed by atoms with Crippen molar-refractivity contribution in [3.8, 4) is 12.3 Å². The summed E-state index contributed by atoms with van der Waals surface area (Å²) in [7, 11) is -1.98. The van der Waals surface area contributed by atoms with Crippen LogP contribution in [0.3, 0.4) is 0 Å². The van der Waals surface area contributed by atoms with E-state index in [-0.39, 0.29) is 23.8 Å². The van der Waals surface area contributed by atoms with Crippen molar-refractivity contribution in [2.24, 2.45) is 0 Å². The van der Waals surface area contributed by atoms with Crippen LogP contribution in [-0.2, 0) is 22.1 Å². The zero-order chi connectivity index (χ0) is 29.0. The molecule has 0 fully saturated rings. The number of aromatic amines is 2. The van der Waals surface area contributed by atoms with E-state index in [4.69, 9.17) is 6.42 Å². The second kappa shape index (κ2) is 11.8. The number of tetrazole rings is 1. The molecule has 15 heteroatoms. The number of carboxylic acid groups (broad SMARTS) is 1. The highest BCUT2D eigenvalue weighted by molar-refractivity contribution is 7.84. The highest BCUT2D eigenvalue weighted by Crippen LogP contribution is 2.24. The van der Waals surface area contributed by atoms with Gasteiger partial charge in [0, 0.05) is 12.2 Å². The smallest absolute Gasteiger partial charge is 0.327 e. The maximum absolute atomic E-state index is 15.1. The van der Waals surface area contributed by atoms with Gasteiger partial charge < -0.3 is 20.3 Å². The fourth-order valence-corrected chi connectivity index (χ4v) is 4.90. The molecule has 0 bridgehead atoms. The molecule has 0 spiro atoms. The van der Waals surface area contributed by atoms with Gasteiger partial charge in [0.15, 0.2) is 0 Å². The Morgan fingerprint density at radius 1 is 1.27 bits per heavy atom. The second-order valence-corrected chi connectivity index (χ2v) is 10.1. The number of aliphatic carboxylic acids is 1. The highest BCUT2D eigenvalue weighted by Gasteiger charge is 2.27. The number of halogens is 1. The van der Waals surface area contributed by atoms with Gasteiger partial charge in [0.05, 0.1) is 39.6 Å². The first kappa shape index (κ1) is 28.0. The summed E-state index contributed by atoms with van der Waals surface area (Å²) in [5.74, 6) is -0.958. The Hall–Kier alpha value is -4.97. The van der Waals surface area contributed by atoms with Crippen LogP contribution in [0, 0.1) is 32.0 Å². The van der Waals surface area contributed by atoms with E-state index in [1.165, 1.54) is 12.1 Å². The van der Waals surface area contributed by atoms with Gasteiger partial charge in [-0.05, 0) is 60.5 Å². The Morgan fingerprint density at radius 3 is 2.70 bits per heavy atom. The third-order valence-corrected chi connectivity index (χ3v) is 7.15. The number of rotatable bonds is 10. The average Bonchev–Trinajstić information content (AvgIpc) is 3.43. The molecule has 4 N–H and O–H groups in total. The minimum Gasteiger partial charge on any atom is -0.480 e. The summed E-state index contributed by atoms with van der Waals surface area (Å²) in [6, 6.07) is 5.66. The Morgan fingerprint density at radius 2 is 2.05 bits per heavy atom. The zero-order valence-electron chi connectivity index (χ0n) is 21.3. The van der Waals surface area contributed by atoms with E-state index in [9.17, 15) is 23.7 Å². The average molecular weight is 567 g/mol. The number of amides is 1. The van der Waals surface area contributed by atoms with Crippen molar-refractivity contribution in [3.63, 3.8) is 0 Å². The third kappa shape index (κ3) is 6.18. The monoisotopic (exact) mass is 566 g/mol. The topological polar surface area (TPSA) is 187 Å². The first-order chi connectivity index (χ1) is 19.1. The van der Waals surface area contributed by atoms with E-state index in [1.807, 2.05) is 6.92 Å². The second-order valence-electron chi connectivity index (χ2n) is 8.74. The fourth-order valence-electron chi connectivity index (χ4n) is 3.95. The van der Waals surface area contributed by atoms with Crippen LogP contribution in [0.2, 0.25) is 0 Å². The molecule has 206 valence electrons. The minimum absolute atomic E-state index is 0.0912. The molecule has 2 aromatic carbocycles. The Bertz CT molecular complexity index is 1720. The normalized spacial score (nSPS) is 12.4. The van der Waals surface area contributed by atoms with Crippen LogP contribution in [-0.4, -0.2) is 70.1 Å². The summed E-state index contributed by atoms with van der Waals surface area (Å²) >= 11 is 0. The summed E-state index contributed by atoms with van der Waals surface area (Å²) in [5, 5.41) is 24.2. The van der Waals surface area contributed by atoms with Crippen LogP contribution in [0.4, 0.5) is 10.1 Å². The molecule has 40 heavy (non-hydrogen) atoms. The molecular weight excluding hydrogens is 543 g/mol. The predicted octanol–water partition coefficient (Wildman–Crippen LogP) is 0.823. The van der Waals surface area contributed by atoms with Crippen molar-refractivity contribution in [1.82, 2.24) is 35.9 Å². The Balaban J connectivity index is 1.55. The van der Waals surface area contributed by atoms with Gasteiger partial charge in [-0.1, -0.05) is 11.0 Å². The number of hydrogen-bond donors (Lipinski definition) is 4. The highest BCUT2D eigenvalue weighted by atomic mass is 32.2. The van der Waals surface area contributed by atoms with Crippen LogP contribution < -0.4 is 15.8 Å². The largest absolute Gasteiger partial charge is 0.480 e. The number of H-pyrrole nitrogens is 2. The number of hydrogen-bond acceptors (Lipinski definition) is 9. The number of carbonyl (C=O) groups excluding carboxylic acids is 1. The number of fused-ring (bicyclic) bond motifs is 1. The van der Waals surface area contributed by atoms with Gasteiger partial charge >= 0.3 is 5.97 Å². The lowest BCUT2D eigenvalue weighted by Crippen LogP contribution is -2.44. The molecule has 1 unspecified atom stereocenters. The molecular formula is C25H23FN8O5S. The standard InChI is InChI=1S/C25H23FN8O5S/c1-4-7-34(11-15-9-18-20(8-13(15)2)27-14(3)28-23(18)36)16-5-6-17(19(26)10-16)22(35)29-21(24(37)38)12-40(39)25-30-32-33-31-25/h1,5-6,8-10,21H,7,11-12H2,2-3H3,(H,29,35)(H,37,38)(H,27,28,36)(H,30,31,32,33)/t21-,40?/m1/s1. The molecule has 0 saturated heterocycles. The molecule has 2 aromatic heterocycles. The summed E-state index contributed by atoms with van der Waals surface area (Å²) in [6.07, 6.45) is 5.55. The molecule has 2 atom stereocenters. The summed E-state index contributed by atoms with van der Waals surface area (Å²) in [4.78, 5) is 45.5. The van der Waals surface area contributed by atoms with E-state index >= 15 is 4.39 Å². The van der Waals surface area contributed by atoms with Crippen LogP contribution in [0.25, 0.3) is 10.9 Å². The van der Waals surface area contributed by atoms with Crippen molar-refractivity contribution < 1.29 is 23.3 Å². The number of carbonyl (C=O) groups is 2. The number of nitrogens with one attached hydrogen (secondary N) is 3. The van der Waals surface area contributed by atoms with E-state index < -0.39 is 45.9 Å². The van der Waals surface area contributed by atoms with Crippen LogP contribution in [0.1, 0.15) is 27.3 Å². The van der Waals surface area contributed by atoms with E-state index in [2.05, 4.69) is 41.8 Å². The quantitative estimate of drug-likeness (QED) is 0.200.